The molecule has 16 heavy (non-hydrogen) atoms. The zero-order valence-electron chi connectivity index (χ0n) is 10.6. The lowest BCUT2D eigenvalue weighted by Gasteiger charge is -2.13. The molecular formula is C13H25BrO2. The molecule has 0 aliphatic heterocycles. The van der Waals surface area contributed by atoms with Gasteiger partial charge in [-0.05, 0) is 19.8 Å². The molecule has 0 aromatic carbocycles. The number of halogens is 1. The smallest absolute Gasteiger partial charge is 0.132 e. The third-order valence-corrected chi connectivity index (χ3v) is 3.32. The van der Waals surface area contributed by atoms with E-state index in [0.717, 1.165) is 11.8 Å². The lowest BCUT2D eigenvalue weighted by atomic mass is 10.0. The molecule has 0 N–H and O–H groups in total. The van der Waals surface area contributed by atoms with Gasteiger partial charge in [-0.2, -0.15) is 0 Å². The van der Waals surface area contributed by atoms with Crippen molar-refractivity contribution in [1.82, 2.24) is 0 Å². The third-order valence-electron chi connectivity index (χ3n) is 2.76. The maximum Gasteiger partial charge on any atom is 0.132 e. The van der Waals surface area contributed by atoms with Crippen LogP contribution in [0, 0.1) is 0 Å². The molecule has 0 fully saturated rings. The van der Waals surface area contributed by atoms with E-state index in [9.17, 15) is 4.79 Å². The highest BCUT2D eigenvalue weighted by atomic mass is 79.9. The Morgan fingerprint density at radius 3 is 2.19 bits per heavy atom. The first kappa shape index (κ1) is 16.1. The predicted molar refractivity (Wildman–Crippen MR) is 72.2 cm³/mol. The van der Waals surface area contributed by atoms with Gasteiger partial charge >= 0.3 is 0 Å². The first-order chi connectivity index (χ1) is 7.70. The molecule has 0 aliphatic rings. The van der Waals surface area contributed by atoms with Crippen LogP contribution in [0.1, 0.15) is 58.3 Å². The summed E-state index contributed by atoms with van der Waals surface area (Å²) in [5, 5.41) is 1.12. The number of ether oxygens (including phenoxy) is 1. The number of Topliss-reactive ketones (excluding diaryl/α,β-unsaturated/α-hetero) is 1. The Morgan fingerprint density at radius 1 is 1.12 bits per heavy atom. The largest absolute Gasteiger partial charge is 0.381 e. The number of rotatable bonds is 11. The minimum absolute atomic E-state index is 0.139. The van der Waals surface area contributed by atoms with Gasteiger partial charge in [0, 0.05) is 18.9 Å². The van der Waals surface area contributed by atoms with Crippen LogP contribution in [-0.4, -0.2) is 24.3 Å². The first-order valence-electron chi connectivity index (χ1n) is 6.29. The third kappa shape index (κ3) is 10.6. The van der Waals surface area contributed by atoms with E-state index < -0.39 is 0 Å². The van der Waals surface area contributed by atoms with Gasteiger partial charge in [0.25, 0.3) is 0 Å². The lowest BCUT2D eigenvalue weighted by molar-refractivity contribution is -0.119. The molecule has 0 heterocycles. The van der Waals surface area contributed by atoms with Crippen LogP contribution in [0.3, 0.4) is 0 Å². The summed E-state index contributed by atoms with van der Waals surface area (Å²) in [5.41, 5.74) is 0. The molecule has 0 saturated carbocycles. The maximum absolute atomic E-state index is 10.9. The van der Waals surface area contributed by atoms with Crippen LogP contribution in [-0.2, 0) is 9.53 Å². The molecule has 0 bridgehead atoms. The Hall–Kier alpha value is 0.110. The zero-order chi connectivity index (χ0) is 12.2. The van der Waals surface area contributed by atoms with E-state index in [1.54, 1.807) is 14.0 Å². The van der Waals surface area contributed by atoms with E-state index >= 15 is 0 Å². The highest BCUT2D eigenvalue weighted by Gasteiger charge is 2.09. The van der Waals surface area contributed by atoms with Gasteiger partial charge in [-0.15, -0.1) is 0 Å². The van der Waals surface area contributed by atoms with Gasteiger partial charge in [-0.1, -0.05) is 48.0 Å². The molecule has 0 radical (unpaired) electrons. The number of carbonyl (C=O) groups is 1. The zero-order valence-corrected chi connectivity index (χ0v) is 12.2. The van der Waals surface area contributed by atoms with Crippen molar-refractivity contribution in [3.63, 3.8) is 0 Å². The maximum atomic E-state index is 10.9. The fourth-order valence-electron chi connectivity index (χ4n) is 1.80. The van der Waals surface area contributed by atoms with Gasteiger partial charge in [0.15, 0.2) is 0 Å². The monoisotopic (exact) mass is 292 g/mol. The van der Waals surface area contributed by atoms with Crippen molar-refractivity contribution in [2.24, 2.45) is 0 Å². The summed E-state index contributed by atoms with van der Waals surface area (Å²) in [5.74, 6) is 0.226. The Labute approximate surface area is 108 Å². The Bertz CT molecular complexity index is 171. The standard InChI is InChI=1S/C13H25BrO2/c1-12(15)11-13(16-2)9-7-5-3-4-6-8-10-14/h13H,3-11H2,1-2H3. The Morgan fingerprint density at radius 2 is 1.69 bits per heavy atom. The number of unbranched alkanes of at least 4 members (excludes halogenated alkanes) is 5. The molecule has 0 aromatic rings. The molecule has 0 rings (SSSR count). The summed E-state index contributed by atoms with van der Waals surface area (Å²) in [6.45, 7) is 1.63. The van der Waals surface area contributed by atoms with Crippen LogP contribution in [0.4, 0.5) is 0 Å². The van der Waals surface area contributed by atoms with Crippen molar-refractivity contribution in [3.05, 3.63) is 0 Å². The Balaban J connectivity index is 3.31. The molecule has 1 atom stereocenters. The van der Waals surface area contributed by atoms with Crippen molar-refractivity contribution in [2.45, 2.75) is 64.4 Å². The highest BCUT2D eigenvalue weighted by molar-refractivity contribution is 9.09. The summed E-state index contributed by atoms with van der Waals surface area (Å²) >= 11 is 3.44. The SMILES string of the molecule is COC(CCCCCCCCBr)CC(C)=O. The molecule has 0 amide bonds. The fourth-order valence-corrected chi connectivity index (χ4v) is 2.19. The Kier molecular flexibility index (Phi) is 11.7. The van der Waals surface area contributed by atoms with Crippen LogP contribution < -0.4 is 0 Å². The number of carbonyl (C=O) groups excluding carboxylic acids is 1. The average Bonchev–Trinajstić information content (AvgIpc) is 2.25. The highest BCUT2D eigenvalue weighted by Crippen LogP contribution is 2.12. The normalized spacial score (nSPS) is 12.7. The average molecular weight is 293 g/mol. The van der Waals surface area contributed by atoms with Crippen molar-refractivity contribution in [3.8, 4) is 0 Å². The number of hydrogen-bond donors (Lipinski definition) is 0. The quantitative estimate of drug-likeness (QED) is 0.423. The second kappa shape index (κ2) is 11.6. The number of alkyl halides is 1. The second-order valence-electron chi connectivity index (χ2n) is 4.36. The van der Waals surface area contributed by atoms with Crippen molar-refractivity contribution < 1.29 is 9.53 Å². The van der Waals surface area contributed by atoms with Crippen molar-refractivity contribution >= 4 is 21.7 Å². The van der Waals surface area contributed by atoms with E-state index in [1.165, 1.54) is 38.5 Å². The summed E-state index contributed by atoms with van der Waals surface area (Å²) in [4.78, 5) is 10.9. The molecule has 2 nitrogen and oxygen atoms in total. The fraction of sp³-hybridized carbons (Fsp3) is 0.923. The number of hydrogen-bond acceptors (Lipinski definition) is 2. The molecular weight excluding hydrogens is 268 g/mol. The van der Waals surface area contributed by atoms with Crippen LogP contribution in [0.5, 0.6) is 0 Å². The number of ketones is 1. The van der Waals surface area contributed by atoms with E-state index in [4.69, 9.17) is 4.74 Å². The topological polar surface area (TPSA) is 26.3 Å². The van der Waals surface area contributed by atoms with Gasteiger partial charge in [-0.3, -0.25) is 4.79 Å². The molecule has 96 valence electrons. The van der Waals surface area contributed by atoms with Crippen LogP contribution in [0.2, 0.25) is 0 Å². The van der Waals surface area contributed by atoms with Gasteiger partial charge in [0.05, 0.1) is 6.10 Å². The summed E-state index contributed by atoms with van der Waals surface area (Å²) in [6, 6.07) is 0. The summed E-state index contributed by atoms with van der Waals surface area (Å²) in [6.07, 6.45) is 9.42. The predicted octanol–water partition coefficient (Wildman–Crippen LogP) is 4.11. The van der Waals surface area contributed by atoms with Crippen molar-refractivity contribution in [2.75, 3.05) is 12.4 Å². The molecule has 0 aliphatic carbocycles. The minimum Gasteiger partial charge on any atom is -0.381 e. The first-order valence-corrected chi connectivity index (χ1v) is 7.41. The molecule has 0 saturated heterocycles. The van der Waals surface area contributed by atoms with E-state index in [1.807, 2.05) is 0 Å². The van der Waals surface area contributed by atoms with E-state index in [0.29, 0.717) is 6.42 Å². The molecule has 0 aromatic heterocycles. The van der Waals surface area contributed by atoms with Gasteiger partial charge in [-0.25, -0.2) is 0 Å². The van der Waals surface area contributed by atoms with Crippen LogP contribution >= 0.6 is 15.9 Å². The summed E-state index contributed by atoms with van der Waals surface area (Å²) < 4.78 is 5.28. The van der Waals surface area contributed by atoms with Crippen molar-refractivity contribution in [1.29, 1.82) is 0 Å². The van der Waals surface area contributed by atoms with E-state index in [2.05, 4.69) is 15.9 Å². The lowest BCUT2D eigenvalue weighted by Crippen LogP contribution is -2.14. The van der Waals surface area contributed by atoms with Gasteiger partial charge in [0.2, 0.25) is 0 Å². The summed E-state index contributed by atoms with van der Waals surface area (Å²) in [7, 11) is 1.70. The molecule has 1 unspecified atom stereocenters. The van der Waals surface area contributed by atoms with E-state index in [-0.39, 0.29) is 11.9 Å². The van der Waals surface area contributed by atoms with Crippen LogP contribution in [0.25, 0.3) is 0 Å². The minimum atomic E-state index is 0.139. The molecule has 0 spiro atoms. The van der Waals surface area contributed by atoms with Crippen LogP contribution in [0.15, 0.2) is 0 Å². The molecule has 3 heteroatoms. The van der Waals surface area contributed by atoms with Gasteiger partial charge < -0.3 is 4.74 Å². The number of methoxy groups -OCH3 is 1. The second-order valence-corrected chi connectivity index (χ2v) is 5.16. The van der Waals surface area contributed by atoms with Gasteiger partial charge in [0.1, 0.15) is 5.78 Å².